The largest absolute Gasteiger partial charge is 0.352 e. The molecule has 1 aliphatic carbocycles. The van der Waals surface area contributed by atoms with Crippen LogP contribution < -0.4 is 5.32 Å². The minimum atomic E-state index is -3.60. The number of hydrogen-bond donors (Lipinski definition) is 1. The number of carbonyl (C=O) groups is 1. The molecule has 1 heterocycles. The Bertz CT molecular complexity index is 1160. The van der Waals surface area contributed by atoms with Gasteiger partial charge in [0.15, 0.2) is 9.84 Å². The second kappa shape index (κ2) is 9.45. The highest BCUT2D eigenvalue weighted by molar-refractivity contribution is 7.90. The van der Waals surface area contributed by atoms with Crippen molar-refractivity contribution in [3.05, 3.63) is 65.3 Å². The summed E-state index contributed by atoms with van der Waals surface area (Å²) in [5.74, 6) is -0.193. The van der Waals surface area contributed by atoms with Crippen molar-refractivity contribution in [3.63, 3.8) is 0 Å². The van der Waals surface area contributed by atoms with Gasteiger partial charge >= 0.3 is 0 Å². The highest BCUT2D eigenvalue weighted by Crippen LogP contribution is 2.28. The molecule has 1 amide bonds. The first-order valence-electron chi connectivity index (χ1n) is 10.8. The molecule has 0 bridgehead atoms. The molecule has 0 aliphatic heterocycles. The lowest BCUT2D eigenvalue weighted by molar-refractivity contribution is -0.122. The summed E-state index contributed by atoms with van der Waals surface area (Å²) >= 11 is 5.92. The number of rotatable bonds is 6. The van der Waals surface area contributed by atoms with Gasteiger partial charge in [0.2, 0.25) is 5.91 Å². The van der Waals surface area contributed by atoms with E-state index in [1.54, 1.807) is 41.1 Å². The molecule has 0 saturated heterocycles. The molecule has 31 heavy (non-hydrogen) atoms. The molecule has 0 atom stereocenters. The Balaban J connectivity index is 1.58. The molecule has 1 N–H and O–H groups in total. The monoisotopic (exact) mass is 458 g/mol. The smallest absolute Gasteiger partial charge is 0.240 e. The Morgan fingerprint density at radius 2 is 1.68 bits per heavy atom. The van der Waals surface area contributed by atoms with E-state index in [-0.39, 0.29) is 29.1 Å². The number of halogens is 1. The van der Waals surface area contributed by atoms with E-state index in [1.165, 1.54) is 12.8 Å². The number of fused-ring (bicyclic) bond motifs is 1. The molecular formula is C24H27ClN2O3S. The van der Waals surface area contributed by atoms with Crippen LogP contribution in [-0.2, 0) is 26.9 Å². The van der Waals surface area contributed by atoms with Crippen LogP contribution in [0, 0.1) is 0 Å². The molecule has 7 heteroatoms. The first-order chi connectivity index (χ1) is 14.9. The predicted octanol–water partition coefficient (Wildman–Crippen LogP) is 5.11. The lowest BCUT2D eigenvalue weighted by Crippen LogP contribution is -2.36. The van der Waals surface area contributed by atoms with E-state index in [9.17, 15) is 13.2 Å². The summed E-state index contributed by atoms with van der Waals surface area (Å²) in [6.45, 7) is 0.105. The van der Waals surface area contributed by atoms with Gasteiger partial charge in [-0.1, -0.05) is 67.6 Å². The van der Waals surface area contributed by atoms with Crippen molar-refractivity contribution in [1.29, 1.82) is 0 Å². The van der Waals surface area contributed by atoms with Crippen molar-refractivity contribution in [1.82, 2.24) is 9.88 Å². The molecule has 1 aliphatic rings. The fourth-order valence-corrected chi connectivity index (χ4v) is 6.03. The van der Waals surface area contributed by atoms with Crippen molar-refractivity contribution < 1.29 is 13.2 Å². The van der Waals surface area contributed by atoms with E-state index in [0.29, 0.717) is 16.0 Å². The maximum atomic E-state index is 13.2. The van der Waals surface area contributed by atoms with Crippen molar-refractivity contribution in [3.8, 4) is 0 Å². The van der Waals surface area contributed by atoms with Gasteiger partial charge < -0.3 is 9.88 Å². The number of nitrogens with zero attached hydrogens (tertiary/aromatic N) is 1. The molecule has 1 fully saturated rings. The zero-order chi connectivity index (χ0) is 21.8. The van der Waals surface area contributed by atoms with Crippen LogP contribution in [0.4, 0.5) is 0 Å². The third-order valence-corrected chi connectivity index (χ3v) is 7.85. The highest BCUT2D eigenvalue weighted by atomic mass is 35.5. The van der Waals surface area contributed by atoms with E-state index in [2.05, 4.69) is 5.32 Å². The van der Waals surface area contributed by atoms with Crippen LogP contribution in [0.2, 0.25) is 5.02 Å². The van der Waals surface area contributed by atoms with E-state index >= 15 is 0 Å². The van der Waals surface area contributed by atoms with Gasteiger partial charge in [0.25, 0.3) is 0 Å². The van der Waals surface area contributed by atoms with Gasteiger partial charge in [-0.2, -0.15) is 0 Å². The Morgan fingerprint density at radius 3 is 2.39 bits per heavy atom. The number of hydrogen-bond acceptors (Lipinski definition) is 3. The number of benzene rings is 2. The summed E-state index contributed by atoms with van der Waals surface area (Å²) in [6.07, 6.45) is 8.36. The average Bonchev–Trinajstić information content (AvgIpc) is 2.91. The molecule has 0 unspecified atom stereocenters. The summed E-state index contributed by atoms with van der Waals surface area (Å²) in [6, 6.07) is 14.4. The summed E-state index contributed by atoms with van der Waals surface area (Å²) < 4.78 is 28.2. The molecule has 0 spiro atoms. The number of nitrogens with one attached hydrogen (secondary N) is 1. The second-order valence-corrected chi connectivity index (χ2v) is 10.7. The van der Waals surface area contributed by atoms with Crippen molar-refractivity contribution in [2.75, 3.05) is 0 Å². The molecule has 5 nitrogen and oxygen atoms in total. The Kier molecular flexibility index (Phi) is 6.68. The molecule has 1 saturated carbocycles. The molecule has 0 radical (unpaired) electrons. The van der Waals surface area contributed by atoms with Gasteiger partial charge in [0, 0.05) is 28.2 Å². The minimum Gasteiger partial charge on any atom is -0.352 e. The van der Waals surface area contributed by atoms with Gasteiger partial charge in [-0.25, -0.2) is 8.42 Å². The first-order valence-corrected chi connectivity index (χ1v) is 12.8. The molecule has 1 aromatic heterocycles. The minimum absolute atomic E-state index is 0.0747. The van der Waals surface area contributed by atoms with Gasteiger partial charge in [-0.15, -0.1) is 0 Å². The Hall–Kier alpha value is -2.31. The predicted molar refractivity (Wildman–Crippen MR) is 124 cm³/mol. The number of sulfone groups is 1. The summed E-state index contributed by atoms with van der Waals surface area (Å²) in [5.41, 5.74) is 1.42. The third-order valence-electron chi connectivity index (χ3n) is 5.89. The van der Waals surface area contributed by atoms with Crippen LogP contribution in [0.3, 0.4) is 0 Å². The van der Waals surface area contributed by atoms with Crippen molar-refractivity contribution >= 4 is 38.2 Å². The normalized spacial score (nSPS) is 15.6. The summed E-state index contributed by atoms with van der Waals surface area (Å²) in [4.78, 5) is 13.0. The van der Waals surface area contributed by atoms with Gasteiger partial charge in [-0.05, 0) is 36.6 Å². The van der Waals surface area contributed by atoms with Gasteiger partial charge in [0.1, 0.15) is 6.54 Å². The van der Waals surface area contributed by atoms with E-state index < -0.39 is 9.84 Å². The molecular weight excluding hydrogens is 432 g/mol. The maximum absolute atomic E-state index is 13.2. The Labute approximate surface area is 188 Å². The van der Waals surface area contributed by atoms with Crippen molar-refractivity contribution in [2.24, 2.45) is 0 Å². The van der Waals surface area contributed by atoms with Crippen LogP contribution >= 0.6 is 11.6 Å². The lowest BCUT2D eigenvalue weighted by Gasteiger charge is -2.16. The van der Waals surface area contributed by atoms with Gasteiger partial charge in [-0.3, -0.25) is 4.79 Å². The molecule has 164 valence electrons. The van der Waals surface area contributed by atoms with E-state index in [4.69, 9.17) is 11.6 Å². The van der Waals surface area contributed by atoms with Crippen LogP contribution in [-0.4, -0.2) is 24.9 Å². The molecule has 2 aromatic carbocycles. The SMILES string of the molecule is O=C(Cn1cc(S(=O)(=O)Cc2ccc(Cl)cc2)c2ccccc21)NC1CCCCCC1. The fourth-order valence-electron chi connectivity index (χ4n) is 4.32. The van der Waals surface area contributed by atoms with E-state index in [1.807, 2.05) is 18.2 Å². The molecule has 4 rings (SSSR count). The van der Waals surface area contributed by atoms with Crippen LogP contribution in [0.25, 0.3) is 10.9 Å². The number of para-hydroxylation sites is 1. The standard InChI is InChI=1S/C24H27ClN2O3S/c25-19-13-11-18(12-14-19)17-31(29,30)23-15-27(22-10-6-5-9-21(22)23)16-24(28)26-20-7-3-1-2-4-8-20/h5-6,9-15,20H,1-4,7-8,16-17H2,(H,26,28). The summed E-state index contributed by atoms with van der Waals surface area (Å²) in [5, 5.41) is 4.35. The second-order valence-electron chi connectivity index (χ2n) is 8.28. The van der Waals surface area contributed by atoms with Crippen molar-refractivity contribution in [2.45, 2.75) is 61.8 Å². The lowest BCUT2D eigenvalue weighted by atomic mass is 10.1. The summed E-state index contributed by atoms with van der Waals surface area (Å²) in [7, 11) is -3.60. The van der Waals surface area contributed by atoms with Crippen LogP contribution in [0.5, 0.6) is 0 Å². The zero-order valence-corrected chi connectivity index (χ0v) is 19.0. The first kappa shape index (κ1) is 21.9. The zero-order valence-electron chi connectivity index (χ0n) is 17.4. The maximum Gasteiger partial charge on any atom is 0.240 e. The molecule has 3 aromatic rings. The number of amides is 1. The topological polar surface area (TPSA) is 68.2 Å². The fraction of sp³-hybridized carbons (Fsp3) is 0.375. The van der Waals surface area contributed by atoms with Gasteiger partial charge in [0.05, 0.1) is 10.6 Å². The van der Waals surface area contributed by atoms with E-state index in [0.717, 1.165) is 31.2 Å². The van der Waals surface area contributed by atoms with Crippen LogP contribution in [0.15, 0.2) is 59.6 Å². The Morgan fingerprint density at radius 1 is 1.00 bits per heavy atom. The van der Waals surface area contributed by atoms with Crippen LogP contribution in [0.1, 0.15) is 44.1 Å². The highest BCUT2D eigenvalue weighted by Gasteiger charge is 2.23. The quantitative estimate of drug-likeness (QED) is 0.522. The number of aromatic nitrogens is 1. The number of carbonyl (C=O) groups excluding carboxylic acids is 1. The average molecular weight is 459 g/mol. The third kappa shape index (κ3) is 5.31.